The molecule has 1 fully saturated rings. The molecule has 1 aromatic rings. The molecule has 0 unspecified atom stereocenters. The van der Waals surface area contributed by atoms with E-state index in [1.54, 1.807) is 6.07 Å². The van der Waals surface area contributed by atoms with Crippen LogP contribution < -0.4 is 10.2 Å². The lowest BCUT2D eigenvalue weighted by Crippen LogP contribution is -2.27. The Kier molecular flexibility index (Phi) is 4.51. The Morgan fingerprint density at radius 3 is 3.05 bits per heavy atom. The van der Waals surface area contributed by atoms with Gasteiger partial charge in [0.25, 0.3) is 0 Å². The first-order chi connectivity index (χ1) is 9.22. The van der Waals surface area contributed by atoms with Crippen LogP contribution in [0.1, 0.15) is 13.3 Å². The van der Waals surface area contributed by atoms with E-state index in [1.165, 1.54) is 6.07 Å². The van der Waals surface area contributed by atoms with Crippen LogP contribution >= 0.6 is 0 Å². The SMILES string of the molecule is CCNc1ccc([N+](=O)[O-])c(N2CCCOCC2)n1. The van der Waals surface area contributed by atoms with Crippen molar-refractivity contribution in [1.29, 1.82) is 0 Å². The van der Waals surface area contributed by atoms with Crippen molar-refractivity contribution in [3.63, 3.8) is 0 Å². The van der Waals surface area contributed by atoms with Gasteiger partial charge in [-0.15, -0.1) is 0 Å². The Morgan fingerprint density at radius 1 is 1.47 bits per heavy atom. The van der Waals surface area contributed by atoms with Gasteiger partial charge in [-0.1, -0.05) is 0 Å². The average Bonchev–Trinajstić information content (AvgIpc) is 2.67. The quantitative estimate of drug-likeness (QED) is 0.659. The molecular weight excluding hydrogens is 248 g/mol. The minimum Gasteiger partial charge on any atom is -0.380 e. The topological polar surface area (TPSA) is 80.5 Å². The fraction of sp³-hybridized carbons (Fsp3) is 0.583. The third kappa shape index (κ3) is 3.31. The Hall–Kier alpha value is -1.89. The number of ether oxygens (including phenoxy) is 1. The highest BCUT2D eigenvalue weighted by atomic mass is 16.6. The van der Waals surface area contributed by atoms with E-state index < -0.39 is 0 Å². The van der Waals surface area contributed by atoms with Crippen LogP contribution in [0.4, 0.5) is 17.3 Å². The van der Waals surface area contributed by atoms with Gasteiger partial charge >= 0.3 is 5.69 Å². The summed E-state index contributed by atoms with van der Waals surface area (Å²) in [5, 5.41) is 14.2. The lowest BCUT2D eigenvalue weighted by Gasteiger charge is -2.21. The van der Waals surface area contributed by atoms with Crippen molar-refractivity contribution in [2.75, 3.05) is 43.1 Å². The number of hydrogen-bond donors (Lipinski definition) is 1. The smallest absolute Gasteiger partial charge is 0.311 e. The summed E-state index contributed by atoms with van der Waals surface area (Å²) >= 11 is 0. The van der Waals surface area contributed by atoms with Gasteiger partial charge in [-0.05, 0) is 19.4 Å². The minimum atomic E-state index is -0.385. The first kappa shape index (κ1) is 13.5. The lowest BCUT2D eigenvalue weighted by atomic mass is 10.3. The summed E-state index contributed by atoms with van der Waals surface area (Å²) in [7, 11) is 0. The zero-order chi connectivity index (χ0) is 13.7. The molecule has 0 radical (unpaired) electrons. The molecule has 0 amide bonds. The van der Waals surface area contributed by atoms with Crippen molar-refractivity contribution in [2.45, 2.75) is 13.3 Å². The van der Waals surface area contributed by atoms with Crippen LogP contribution in [0.3, 0.4) is 0 Å². The molecule has 0 spiro atoms. The van der Waals surface area contributed by atoms with Gasteiger partial charge in [0.05, 0.1) is 11.5 Å². The van der Waals surface area contributed by atoms with Crippen molar-refractivity contribution in [3.8, 4) is 0 Å². The molecule has 1 aromatic heterocycles. The molecule has 2 rings (SSSR count). The maximum absolute atomic E-state index is 11.1. The molecule has 0 bridgehead atoms. The highest BCUT2D eigenvalue weighted by molar-refractivity contribution is 5.61. The van der Waals surface area contributed by atoms with E-state index in [4.69, 9.17) is 4.74 Å². The average molecular weight is 266 g/mol. The summed E-state index contributed by atoms with van der Waals surface area (Å²) in [6.07, 6.45) is 0.851. The lowest BCUT2D eigenvalue weighted by molar-refractivity contribution is -0.384. The molecule has 7 nitrogen and oxygen atoms in total. The number of anilines is 2. The first-order valence-corrected chi connectivity index (χ1v) is 6.44. The molecule has 104 valence electrons. The third-order valence-corrected chi connectivity index (χ3v) is 2.93. The highest BCUT2D eigenvalue weighted by Gasteiger charge is 2.22. The van der Waals surface area contributed by atoms with Crippen LogP contribution in [0.2, 0.25) is 0 Å². The maximum atomic E-state index is 11.1. The summed E-state index contributed by atoms with van der Waals surface area (Å²) in [6.45, 7) is 5.31. The van der Waals surface area contributed by atoms with E-state index in [9.17, 15) is 10.1 Å². The molecule has 1 N–H and O–H groups in total. The summed E-state index contributed by atoms with van der Waals surface area (Å²) in [5.74, 6) is 1.09. The number of nitrogens with zero attached hydrogens (tertiary/aromatic N) is 3. The molecule has 19 heavy (non-hydrogen) atoms. The Labute approximate surface area is 111 Å². The van der Waals surface area contributed by atoms with E-state index in [0.717, 1.165) is 19.5 Å². The van der Waals surface area contributed by atoms with Gasteiger partial charge < -0.3 is 15.0 Å². The van der Waals surface area contributed by atoms with Crippen molar-refractivity contribution in [1.82, 2.24) is 4.98 Å². The maximum Gasteiger partial charge on any atom is 0.311 e. The minimum absolute atomic E-state index is 0.0450. The molecule has 0 aliphatic carbocycles. The fourth-order valence-corrected chi connectivity index (χ4v) is 2.05. The van der Waals surface area contributed by atoms with E-state index in [2.05, 4.69) is 10.3 Å². The van der Waals surface area contributed by atoms with Gasteiger partial charge in [0.15, 0.2) is 0 Å². The largest absolute Gasteiger partial charge is 0.380 e. The molecule has 0 aromatic carbocycles. The highest BCUT2D eigenvalue weighted by Crippen LogP contribution is 2.28. The zero-order valence-electron chi connectivity index (χ0n) is 11.0. The molecule has 7 heteroatoms. The normalized spacial score (nSPS) is 15.9. The number of pyridine rings is 1. The van der Waals surface area contributed by atoms with Crippen LogP contribution in [0.25, 0.3) is 0 Å². The monoisotopic (exact) mass is 266 g/mol. The first-order valence-electron chi connectivity index (χ1n) is 6.44. The van der Waals surface area contributed by atoms with Gasteiger partial charge in [0.2, 0.25) is 5.82 Å². The Morgan fingerprint density at radius 2 is 2.32 bits per heavy atom. The molecule has 0 saturated carbocycles. The number of aromatic nitrogens is 1. The molecular formula is C12H18N4O3. The van der Waals surface area contributed by atoms with Gasteiger partial charge in [0, 0.05) is 32.3 Å². The number of nitro groups is 1. The summed E-state index contributed by atoms with van der Waals surface area (Å²) in [5.41, 5.74) is 0.0450. The van der Waals surface area contributed by atoms with Gasteiger partial charge in [0.1, 0.15) is 5.82 Å². The second-order valence-electron chi connectivity index (χ2n) is 4.28. The van der Waals surface area contributed by atoms with Crippen molar-refractivity contribution in [3.05, 3.63) is 22.2 Å². The number of nitrogens with one attached hydrogen (secondary N) is 1. The molecule has 1 aliphatic rings. The van der Waals surface area contributed by atoms with Crippen LogP contribution in [-0.2, 0) is 4.74 Å². The second kappa shape index (κ2) is 6.33. The molecule has 2 heterocycles. The molecule has 0 atom stereocenters. The Balaban J connectivity index is 2.32. The number of hydrogen-bond acceptors (Lipinski definition) is 6. The predicted molar refractivity (Wildman–Crippen MR) is 72.7 cm³/mol. The van der Waals surface area contributed by atoms with E-state index in [0.29, 0.717) is 31.4 Å². The molecule has 1 aliphatic heterocycles. The third-order valence-electron chi connectivity index (χ3n) is 2.93. The van der Waals surface area contributed by atoms with Crippen LogP contribution in [0, 0.1) is 10.1 Å². The summed E-state index contributed by atoms with van der Waals surface area (Å²) < 4.78 is 5.37. The predicted octanol–water partition coefficient (Wildman–Crippen LogP) is 1.65. The van der Waals surface area contributed by atoms with Crippen LogP contribution in [0.15, 0.2) is 12.1 Å². The van der Waals surface area contributed by atoms with Crippen LogP contribution in [-0.4, -0.2) is 42.8 Å². The Bertz CT molecular complexity index is 445. The van der Waals surface area contributed by atoms with Crippen molar-refractivity contribution in [2.24, 2.45) is 0 Å². The van der Waals surface area contributed by atoms with E-state index in [1.807, 2.05) is 11.8 Å². The summed E-state index contributed by atoms with van der Waals surface area (Å²) in [6, 6.07) is 3.14. The van der Waals surface area contributed by atoms with E-state index >= 15 is 0 Å². The van der Waals surface area contributed by atoms with Crippen LogP contribution in [0.5, 0.6) is 0 Å². The molecule has 1 saturated heterocycles. The van der Waals surface area contributed by atoms with Gasteiger partial charge in [-0.2, -0.15) is 0 Å². The summed E-state index contributed by atoms with van der Waals surface area (Å²) in [4.78, 5) is 17.0. The fourth-order valence-electron chi connectivity index (χ4n) is 2.05. The van der Waals surface area contributed by atoms with Gasteiger partial charge in [-0.3, -0.25) is 10.1 Å². The second-order valence-corrected chi connectivity index (χ2v) is 4.28. The van der Waals surface area contributed by atoms with E-state index in [-0.39, 0.29) is 10.6 Å². The van der Waals surface area contributed by atoms with Crippen molar-refractivity contribution < 1.29 is 9.66 Å². The standard InChI is InChI=1S/C12H18N4O3/c1-2-13-11-5-4-10(16(17)18)12(14-11)15-6-3-8-19-9-7-15/h4-5H,2-3,6-9H2,1H3,(H,13,14). The number of rotatable bonds is 4. The van der Waals surface area contributed by atoms with Crippen molar-refractivity contribution >= 4 is 17.3 Å². The zero-order valence-corrected chi connectivity index (χ0v) is 11.0. The van der Waals surface area contributed by atoms with Gasteiger partial charge in [-0.25, -0.2) is 4.98 Å².